The first-order chi connectivity index (χ1) is 16.6. The van der Waals surface area contributed by atoms with Crippen molar-refractivity contribution in [1.29, 1.82) is 0 Å². The molecule has 0 amide bonds. The predicted molar refractivity (Wildman–Crippen MR) is 143 cm³/mol. The molecule has 0 bridgehead atoms. The molecule has 0 unspecified atom stereocenters. The van der Waals surface area contributed by atoms with E-state index in [1.807, 2.05) is 50.2 Å². The molecule has 35 heavy (non-hydrogen) atoms. The summed E-state index contributed by atoms with van der Waals surface area (Å²) in [6.45, 7) is 3.98. The molecule has 0 aliphatic heterocycles. The summed E-state index contributed by atoms with van der Waals surface area (Å²) >= 11 is 11.7. The van der Waals surface area contributed by atoms with E-state index >= 15 is 0 Å². The number of pyridine rings is 4. The third kappa shape index (κ3) is 5.24. The van der Waals surface area contributed by atoms with Crippen LogP contribution in [0.3, 0.4) is 0 Å². The third-order valence-corrected chi connectivity index (χ3v) is 6.25. The number of aryl methyl sites for hydroxylation is 2. The molecule has 0 radical (unpaired) electrons. The molecule has 0 saturated carbocycles. The van der Waals surface area contributed by atoms with Crippen LogP contribution in [0.1, 0.15) is 22.8 Å². The number of hydrogen-bond acceptors (Lipinski definition) is 4. The van der Waals surface area contributed by atoms with E-state index in [4.69, 9.17) is 23.2 Å². The number of rotatable bonds is 2. The van der Waals surface area contributed by atoms with Gasteiger partial charge in [-0.2, -0.15) is 0 Å². The van der Waals surface area contributed by atoms with Crippen LogP contribution in [0.5, 0.6) is 0 Å². The van der Waals surface area contributed by atoms with Crippen LogP contribution in [0.2, 0.25) is 0 Å². The summed E-state index contributed by atoms with van der Waals surface area (Å²) in [5.41, 5.74) is 7.55. The first-order valence-electron chi connectivity index (χ1n) is 11.0. The molecule has 178 valence electrons. The molecule has 0 N–H and O–H groups in total. The van der Waals surface area contributed by atoms with E-state index < -0.39 is 0 Å². The standard InChI is InChI=1S/2C14H11ClN2.Cu/c2*1-9-2-3-10-4-5-11-6-7-12(8-15)17-14(11)13(10)16-9;/h2*2-7H,8H2,1H3;/q;;+1. The van der Waals surface area contributed by atoms with Crippen LogP contribution >= 0.6 is 23.2 Å². The number of alkyl halides is 2. The van der Waals surface area contributed by atoms with Gasteiger partial charge in [-0.05, 0) is 38.1 Å². The third-order valence-electron chi connectivity index (χ3n) is 5.71. The zero-order valence-electron chi connectivity index (χ0n) is 19.2. The predicted octanol–water partition coefficient (Wildman–Crippen LogP) is 7.66. The molecule has 4 heterocycles. The van der Waals surface area contributed by atoms with Gasteiger partial charge in [-0.3, -0.25) is 9.97 Å². The minimum absolute atomic E-state index is 0. The van der Waals surface area contributed by atoms with Crippen LogP contribution in [-0.2, 0) is 28.8 Å². The van der Waals surface area contributed by atoms with E-state index in [2.05, 4.69) is 56.3 Å². The topological polar surface area (TPSA) is 51.6 Å². The maximum absolute atomic E-state index is 5.83. The zero-order chi connectivity index (χ0) is 23.7. The van der Waals surface area contributed by atoms with Crippen molar-refractivity contribution >= 4 is 66.8 Å². The summed E-state index contributed by atoms with van der Waals surface area (Å²) in [5.74, 6) is 0.857. The number of aromatic nitrogens is 4. The van der Waals surface area contributed by atoms with Gasteiger partial charge in [0.2, 0.25) is 0 Å². The fourth-order valence-corrected chi connectivity index (χ4v) is 4.26. The quantitative estimate of drug-likeness (QED) is 0.127. The Hall–Kier alpha value is -2.82. The number of halogens is 2. The molecule has 0 atom stereocenters. The van der Waals surface area contributed by atoms with Gasteiger partial charge in [0.05, 0.1) is 45.2 Å². The van der Waals surface area contributed by atoms with E-state index in [9.17, 15) is 0 Å². The molecule has 0 saturated heterocycles. The van der Waals surface area contributed by atoms with Crippen LogP contribution in [0.25, 0.3) is 43.6 Å². The molecule has 4 nitrogen and oxygen atoms in total. The summed E-state index contributed by atoms with van der Waals surface area (Å²) in [6.07, 6.45) is 0. The SMILES string of the molecule is Cc1ccc2ccc3ccc(CCl)nc3c2n1.Cc1ccc2ccc3ccc(CCl)nc3c2n1.[Cu+]. The second-order valence-corrected chi connectivity index (χ2v) is 8.73. The molecule has 0 aliphatic rings. The average molecular weight is 549 g/mol. The minimum atomic E-state index is 0. The van der Waals surface area contributed by atoms with E-state index in [-0.39, 0.29) is 17.1 Å². The second-order valence-electron chi connectivity index (χ2n) is 8.20. The Morgan fingerprint density at radius 1 is 0.457 bits per heavy atom. The maximum Gasteiger partial charge on any atom is 1.00 e. The van der Waals surface area contributed by atoms with Crippen molar-refractivity contribution in [3.63, 3.8) is 0 Å². The van der Waals surface area contributed by atoms with Crippen molar-refractivity contribution in [3.8, 4) is 0 Å². The maximum atomic E-state index is 5.83. The zero-order valence-corrected chi connectivity index (χ0v) is 21.6. The summed E-state index contributed by atoms with van der Waals surface area (Å²) in [7, 11) is 0. The molecular weight excluding hydrogens is 527 g/mol. The molecule has 0 fully saturated rings. The Morgan fingerprint density at radius 2 is 0.743 bits per heavy atom. The Labute approximate surface area is 224 Å². The van der Waals surface area contributed by atoms with Crippen molar-refractivity contribution < 1.29 is 17.1 Å². The number of hydrogen-bond donors (Lipinski definition) is 0. The fourth-order valence-electron chi connectivity index (χ4n) is 3.96. The Balaban J connectivity index is 0.000000160. The molecule has 6 aromatic rings. The van der Waals surface area contributed by atoms with Crippen molar-refractivity contribution in [1.82, 2.24) is 19.9 Å². The number of fused-ring (bicyclic) bond motifs is 6. The second kappa shape index (κ2) is 10.8. The van der Waals surface area contributed by atoms with Gasteiger partial charge in [0.25, 0.3) is 0 Å². The van der Waals surface area contributed by atoms with Gasteiger partial charge >= 0.3 is 17.1 Å². The van der Waals surface area contributed by atoms with Gasteiger partial charge < -0.3 is 0 Å². The molecule has 4 aromatic heterocycles. The Morgan fingerprint density at radius 3 is 1.09 bits per heavy atom. The van der Waals surface area contributed by atoms with Crippen LogP contribution in [-0.4, -0.2) is 19.9 Å². The Bertz CT molecular complexity index is 1550. The molecular formula is C28H22Cl2CuN4+. The van der Waals surface area contributed by atoms with E-state index in [0.29, 0.717) is 11.8 Å². The van der Waals surface area contributed by atoms with Gasteiger partial charge in [-0.15, -0.1) is 23.2 Å². The molecule has 2 aromatic carbocycles. The molecule has 0 aliphatic carbocycles. The molecule has 7 heteroatoms. The van der Waals surface area contributed by atoms with Crippen LogP contribution in [0.4, 0.5) is 0 Å². The van der Waals surface area contributed by atoms with E-state index in [1.165, 1.54) is 0 Å². The summed E-state index contributed by atoms with van der Waals surface area (Å²) in [5, 5.41) is 4.43. The molecule has 6 rings (SSSR count). The van der Waals surface area contributed by atoms with E-state index in [1.54, 1.807) is 0 Å². The average Bonchev–Trinajstić information content (AvgIpc) is 2.88. The van der Waals surface area contributed by atoms with Gasteiger partial charge in [-0.1, -0.05) is 48.5 Å². The van der Waals surface area contributed by atoms with Gasteiger partial charge in [0.1, 0.15) is 0 Å². The monoisotopic (exact) mass is 547 g/mol. The largest absolute Gasteiger partial charge is 1.00 e. The van der Waals surface area contributed by atoms with Crippen molar-refractivity contribution in [2.45, 2.75) is 25.6 Å². The van der Waals surface area contributed by atoms with Crippen molar-refractivity contribution in [2.75, 3.05) is 0 Å². The van der Waals surface area contributed by atoms with Crippen LogP contribution in [0.15, 0.2) is 72.8 Å². The van der Waals surface area contributed by atoms with Gasteiger partial charge in [0, 0.05) is 32.9 Å². The Kier molecular flexibility index (Phi) is 7.83. The summed E-state index contributed by atoms with van der Waals surface area (Å²) in [4.78, 5) is 18.3. The first kappa shape index (κ1) is 25.3. The minimum Gasteiger partial charge on any atom is -0.251 e. The summed E-state index contributed by atoms with van der Waals surface area (Å²) < 4.78 is 0. The normalized spacial score (nSPS) is 10.9. The van der Waals surface area contributed by atoms with Gasteiger partial charge in [0.15, 0.2) is 0 Å². The smallest absolute Gasteiger partial charge is 0.251 e. The van der Waals surface area contributed by atoms with Gasteiger partial charge in [-0.25, -0.2) is 9.97 Å². The van der Waals surface area contributed by atoms with Crippen LogP contribution < -0.4 is 0 Å². The first-order valence-corrected chi connectivity index (χ1v) is 12.1. The van der Waals surface area contributed by atoms with Crippen molar-refractivity contribution in [3.05, 3.63) is 95.6 Å². The number of nitrogens with zero attached hydrogens (tertiary/aromatic N) is 4. The summed E-state index contributed by atoms with van der Waals surface area (Å²) in [6, 6.07) is 24.5. The molecule has 0 spiro atoms. The van der Waals surface area contributed by atoms with E-state index in [0.717, 1.165) is 66.4 Å². The fraction of sp³-hybridized carbons (Fsp3) is 0.143. The van der Waals surface area contributed by atoms with Crippen molar-refractivity contribution in [2.24, 2.45) is 0 Å². The van der Waals surface area contributed by atoms with Crippen LogP contribution in [0, 0.1) is 13.8 Å². The number of benzene rings is 2.